The molecule has 3 heterocycles. The molecule has 0 radical (unpaired) electrons. The lowest BCUT2D eigenvalue weighted by Crippen LogP contribution is -2.35. The van der Waals surface area contributed by atoms with Gasteiger partial charge in [0.15, 0.2) is 0 Å². The van der Waals surface area contributed by atoms with Gasteiger partial charge in [0, 0.05) is 43.0 Å². The van der Waals surface area contributed by atoms with E-state index in [1.807, 2.05) is 11.6 Å². The summed E-state index contributed by atoms with van der Waals surface area (Å²) in [5, 5.41) is 2.99. The summed E-state index contributed by atoms with van der Waals surface area (Å²) in [6, 6.07) is 0. The van der Waals surface area contributed by atoms with Crippen LogP contribution in [0, 0.1) is 11.8 Å². The van der Waals surface area contributed by atoms with Crippen molar-refractivity contribution in [3.63, 3.8) is 0 Å². The first-order valence-corrected chi connectivity index (χ1v) is 10.3. The maximum absolute atomic E-state index is 11.9. The molecule has 22 heavy (non-hydrogen) atoms. The molecule has 0 aromatic carbocycles. The van der Waals surface area contributed by atoms with Crippen LogP contribution in [0.5, 0.6) is 0 Å². The fourth-order valence-corrected chi connectivity index (χ4v) is 5.56. The van der Waals surface area contributed by atoms with Crippen molar-refractivity contribution in [2.75, 3.05) is 26.2 Å². The highest BCUT2D eigenvalue weighted by Crippen LogP contribution is 2.35. The van der Waals surface area contributed by atoms with Crippen LogP contribution < -0.4 is 4.72 Å². The monoisotopic (exact) mass is 343 g/mol. The Balaban J connectivity index is 1.32. The highest BCUT2D eigenvalue weighted by molar-refractivity contribution is 7.90. The van der Waals surface area contributed by atoms with Gasteiger partial charge >= 0.3 is 0 Å². The summed E-state index contributed by atoms with van der Waals surface area (Å²) in [4.78, 5) is 6.70. The molecule has 4 rings (SSSR count). The van der Waals surface area contributed by atoms with Crippen LogP contribution in [0.4, 0.5) is 0 Å². The van der Waals surface area contributed by atoms with E-state index in [1.165, 1.54) is 0 Å². The van der Waals surface area contributed by atoms with Gasteiger partial charge in [0.05, 0.1) is 24.5 Å². The van der Waals surface area contributed by atoms with Gasteiger partial charge in [-0.1, -0.05) is 0 Å². The van der Waals surface area contributed by atoms with Crippen LogP contribution in [0.3, 0.4) is 0 Å². The number of likely N-dealkylation sites (tertiary alicyclic amines) is 1. The van der Waals surface area contributed by atoms with E-state index >= 15 is 0 Å². The lowest BCUT2D eigenvalue weighted by molar-refractivity contribution is 0.0942. The maximum atomic E-state index is 11.9. The molecule has 3 aliphatic rings. The minimum absolute atomic E-state index is 0.143. The van der Waals surface area contributed by atoms with Crippen molar-refractivity contribution in [1.82, 2.24) is 14.6 Å². The largest absolute Gasteiger partial charge is 0.376 e. The molecule has 1 N–H and O–H groups in total. The minimum atomic E-state index is -3.09. The van der Waals surface area contributed by atoms with E-state index in [-0.39, 0.29) is 11.4 Å². The van der Waals surface area contributed by atoms with E-state index in [9.17, 15) is 8.42 Å². The van der Waals surface area contributed by atoms with Crippen molar-refractivity contribution in [1.29, 1.82) is 0 Å². The van der Waals surface area contributed by atoms with Crippen LogP contribution in [0.25, 0.3) is 0 Å². The van der Waals surface area contributed by atoms with Crippen LogP contribution >= 0.6 is 11.3 Å². The van der Waals surface area contributed by atoms with Gasteiger partial charge in [-0.3, -0.25) is 4.90 Å². The SMILES string of the molecule is O=S(=O)(NC[C@@H]1CO[C@H]2CN(Cc3nccs3)C[C@@H]12)C1CC1. The van der Waals surface area contributed by atoms with E-state index in [2.05, 4.69) is 14.6 Å². The Labute approximate surface area is 134 Å². The van der Waals surface area contributed by atoms with E-state index in [1.54, 1.807) is 11.3 Å². The third kappa shape index (κ3) is 3.07. The number of hydrogen-bond donors (Lipinski definition) is 1. The minimum Gasteiger partial charge on any atom is -0.376 e. The second kappa shape index (κ2) is 5.83. The Morgan fingerprint density at radius 2 is 2.27 bits per heavy atom. The number of aromatic nitrogens is 1. The first-order chi connectivity index (χ1) is 10.6. The average Bonchev–Trinajstić information content (AvgIpc) is 2.92. The molecular weight excluding hydrogens is 322 g/mol. The van der Waals surface area contributed by atoms with Gasteiger partial charge in [0.1, 0.15) is 5.01 Å². The molecule has 3 fully saturated rings. The summed E-state index contributed by atoms with van der Waals surface area (Å²) in [7, 11) is -3.09. The fraction of sp³-hybridized carbons (Fsp3) is 0.786. The predicted molar refractivity (Wildman–Crippen MR) is 84.1 cm³/mol. The van der Waals surface area contributed by atoms with Crippen molar-refractivity contribution in [2.45, 2.75) is 30.7 Å². The van der Waals surface area contributed by atoms with E-state index in [4.69, 9.17) is 4.74 Å². The van der Waals surface area contributed by atoms with Gasteiger partial charge in [0.2, 0.25) is 10.0 Å². The molecule has 1 aromatic rings. The molecule has 0 amide bonds. The standard InChI is InChI=1S/C14H21N3O3S2/c18-22(19,11-1-2-11)16-5-10-9-20-13-7-17(6-12(10)13)8-14-15-3-4-21-14/h3-4,10-13,16H,1-2,5-9H2/t10-,12+,13+/m1/s1. The van der Waals surface area contributed by atoms with Crippen molar-refractivity contribution < 1.29 is 13.2 Å². The summed E-state index contributed by atoms with van der Waals surface area (Å²) in [5.41, 5.74) is 0. The summed E-state index contributed by atoms with van der Waals surface area (Å²) in [6.07, 6.45) is 3.70. The molecule has 0 bridgehead atoms. The third-order valence-corrected chi connectivity index (χ3v) is 7.55. The van der Waals surface area contributed by atoms with Crippen LogP contribution in [-0.2, 0) is 21.3 Å². The number of rotatable bonds is 6. The van der Waals surface area contributed by atoms with Crippen LogP contribution in [0.15, 0.2) is 11.6 Å². The molecule has 1 aliphatic carbocycles. The normalized spacial score (nSPS) is 32.5. The number of sulfonamides is 1. The molecule has 3 atom stereocenters. The smallest absolute Gasteiger partial charge is 0.214 e. The van der Waals surface area contributed by atoms with Gasteiger partial charge in [-0.05, 0) is 12.8 Å². The van der Waals surface area contributed by atoms with Crippen LogP contribution in [0.1, 0.15) is 17.8 Å². The van der Waals surface area contributed by atoms with E-state index in [0.717, 1.165) is 37.5 Å². The number of thiazole rings is 1. The van der Waals surface area contributed by atoms with Crippen molar-refractivity contribution >= 4 is 21.4 Å². The third-order valence-electron chi connectivity index (χ3n) is 4.87. The van der Waals surface area contributed by atoms with Gasteiger partial charge in [-0.25, -0.2) is 18.1 Å². The molecule has 0 spiro atoms. The van der Waals surface area contributed by atoms with Crippen molar-refractivity contribution in [2.24, 2.45) is 11.8 Å². The Hall–Kier alpha value is -0.540. The lowest BCUT2D eigenvalue weighted by atomic mass is 9.93. The van der Waals surface area contributed by atoms with Crippen molar-refractivity contribution in [3.05, 3.63) is 16.6 Å². The van der Waals surface area contributed by atoms with Crippen LogP contribution in [0.2, 0.25) is 0 Å². The first kappa shape index (κ1) is 15.0. The molecule has 0 unspecified atom stereocenters. The fourth-order valence-electron chi connectivity index (χ4n) is 3.46. The highest BCUT2D eigenvalue weighted by Gasteiger charge is 2.44. The maximum Gasteiger partial charge on any atom is 0.214 e. The molecule has 6 nitrogen and oxygen atoms in total. The molecule has 1 saturated carbocycles. The average molecular weight is 343 g/mol. The quantitative estimate of drug-likeness (QED) is 0.822. The number of hydrogen-bond acceptors (Lipinski definition) is 6. The van der Waals surface area contributed by atoms with Gasteiger partial charge in [-0.15, -0.1) is 11.3 Å². The summed E-state index contributed by atoms with van der Waals surface area (Å²) in [5.74, 6) is 0.724. The number of nitrogens with zero attached hydrogens (tertiary/aromatic N) is 2. The van der Waals surface area contributed by atoms with Gasteiger partial charge in [-0.2, -0.15) is 0 Å². The van der Waals surface area contributed by atoms with Gasteiger partial charge < -0.3 is 4.74 Å². The highest BCUT2D eigenvalue weighted by atomic mass is 32.2. The first-order valence-electron chi connectivity index (χ1n) is 7.82. The Bertz CT molecular complexity index is 615. The topological polar surface area (TPSA) is 71.5 Å². The summed E-state index contributed by atoms with van der Waals surface area (Å²) < 4.78 is 32.6. The second-order valence-electron chi connectivity index (χ2n) is 6.51. The number of nitrogens with one attached hydrogen (secondary N) is 1. The Kier molecular flexibility index (Phi) is 3.98. The predicted octanol–water partition coefficient (Wildman–Crippen LogP) is 0.672. The van der Waals surface area contributed by atoms with E-state index < -0.39 is 10.0 Å². The molecular formula is C14H21N3O3S2. The van der Waals surface area contributed by atoms with Crippen LogP contribution in [-0.4, -0.2) is 55.9 Å². The number of ether oxygens (including phenoxy) is 1. The lowest BCUT2D eigenvalue weighted by Gasteiger charge is -2.19. The van der Waals surface area contributed by atoms with E-state index in [0.29, 0.717) is 25.0 Å². The molecule has 2 saturated heterocycles. The zero-order chi connectivity index (χ0) is 15.2. The number of fused-ring (bicyclic) bond motifs is 1. The Morgan fingerprint density at radius 3 is 3.00 bits per heavy atom. The molecule has 122 valence electrons. The zero-order valence-corrected chi connectivity index (χ0v) is 14.0. The zero-order valence-electron chi connectivity index (χ0n) is 12.3. The van der Waals surface area contributed by atoms with Crippen molar-refractivity contribution in [3.8, 4) is 0 Å². The second-order valence-corrected chi connectivity index (χ2v) is 9.53. The molecule has 2 aliphatic heterocycles. The summed E-state index contributed by atoms with van der Waals surface area (Å²) in [6.45, 7) is 3.96. The molecule has 8 heteroatoms. The Morgan fingerprint density at radius 1 is 1.41 bits per heavy atom. The van der Waals surface area contributed by atoms with Gasteiger partial charge in [0.25, 0.3) is 0 Å². The summed E-state index contributed by atoms with van der Waals surface area (Å²) >= 11 is 1.68. The molecule has 1 aromatic heterocycles.